The van der Waals surface area contributed by atoms with Gasteiger partial charge in [-0.25, -0.2) is 0 Å². The summed E-state index contributed by atoms with van der Waals surface area (Å²) < 4.78 is 21.2. The van der Waals surface area contributed by atoms with Crippen LogP contribution in [0.2, 0.25) is 0 Å². The van der Waals surface area contributed by atoms with Crippen molar-refractivity contribution in [2.24, 2.45) is 0 Å². The van der Waals surface area contributed by atoms with Gasteiger partial charge in [0.25, 0.3) is 5.89 Å². The van der Waals surface area contributed by atoms with Gasteiger partial charge in [-0.15, -0.1) is 12.4 Å². The van der Waals surface area contributed by atoms with E-state index in [2.05, 4.69) is 15.5 Å². The second kappa shape index (κ2) is 10.2. The number of para-hydroxylation sites is 2. The molecule has 0 saturated heterocycles. The lowest BCUT2D eigenvalue weighted by Crippen LogP contribution is -2.42. The molecule has 2 aromatic rings. The molecule has 0 radical (unpaired) electrons. The normalized spacial score (nSPS) is 12.2. The van der Waals surface area contributed by atoms with Crippen LogP contribution in [0.25, 0.3) is 0 Å². The largest absolute Gasteiger partial charge is 0.487 e. The van der Waals surface area contributed by atoms with Crippen LogP contribution in [0.5, 0.6) is 17.5 Å². The Bertz CT molecular complexity index is 660. The Hall–Kier alpha value is -2.03. The molecule has 0 spiro atoms. The van der Waals surface area contributed by atoms with Gasteiger partial charge in [0.15, 0.2) is 18.1 Å². The van der Waals surface area contributed by atoms with E-state index in [1.807, 2.05) is 32.9 Å². The van der Waals surface area contributed by atoms with Crippen molar-refractivity contribution in [2.75, 3.05) is 20.3 Å². The Balaban J connectivity index is 0.00000338. The smallest absolute Gasteiger partial charge is 0.354 e. The summed E-state index contributed by atoms with van der Waals surface area (Å²) in [7, 11) is 1.46. The molecule has 0 bridgehead atoms. The minimum atomic E-state index is -0.632. The van der Waals surface area contributed by atoms with E-state index in [0.717, 1.165) is 0 Å². The summed E-state index contributed by atoms with van der Waals surface area (Å²) in [6, 6.07) is 7.35. The van der Waals surface area contributed by atoms with E-state index in [-0.39, 0.29) is 37.2 Å². The summed E-state index contributed by atoms with van der Waals surface area (Å²) in [4.78, 5) is 3.98. The van der Waals surface area contributed by atoms with E-state index in [0.29, 0.717) is 23.9 Å². The second-order valence-corrected chi connectivity index (χ2v) is 6.51. The molecule has 26 heavy (non-hydrogen) atoms. The molecule has 0 aliphatic carbocycles. The molecule has 8 nitrogen and oxygen atoms in total. The molecular formula is C17H26ClN3O5. The average Bonchev–Trinajstić information content (AvgIpc) is 3.04. The van der Waals surface area contributed by atoms with Crippen LogP contribution in [-0.4, -0.2) is 47.2 Å². The number of β-amino-alcohol motifs (C(OH)–C–C–N with tert-alkyl or cyclic N) is 1. The molecule has 1 heterocycles. The Morgan fingerprint density at radius 1 is 1.19 bits per heavy atom. The number of rotatable bonds is 9. The summed E-state index contributed by atoms with van der Waals surface area (Å²) in [6.45, 7) is 6.79. The number of nitrogens with zero attached hydrogens (tertiary/aromatic N) is 2. The van der Waals surface area contributed by atoms with Gasteiger partial charge in [0, 0.05) is 12.1 Å². The summed E-state index contributed by atoms with van der Waals surface area (Å²) in [6.07, 6.45) is -0.632. The number of nitrogens with one attached hydrogen (secondary N) is 1. The summed E-state index contributed by atoms with van der Waals surface area (Å²) >= 11 is 0. The molecule has 0 fully saturated rings. The zero-order valence-corrected chi connectivity index (χ0v) is 16.2. The molecule has 2 N–H and O–H groups in total. The minimum Gasteiger partial charge on any atom is -0.487 e. The van der Waals surface area contributed by atoms with Crippen LogP contribution in [0.1, 0.15) is 26.7 Å². The number of halogens is 1. The molecule has 1 unspecified atom stereocenters. The first-order valence-electron chi connectivity index (χ1n) is 8.01. The van der Waals surface area contributed by atoms with Crippen molar-refractivity contribution in [3.8, 4) is 17.5 Å². The second-order valence-electron chi connectivity index (χ2n) is 6.51. The molecule has 0 aliphatic rings. The molecule has 1 aromatic heterocycles. The molecule has 1 atom stereocenters. The molecule has 2 rings (SSSR count). The number of methoxy groups -OCH3 is 1. The van der Waals surface area contributed by atoms with Crippen LogP contribution in [0.15, 0.2) is 28.8 Å². The van der Waals surface area contributed by atoms with Crippen LogP contribution in [0.3, 0.4) is 0 Å². The SMILES string of the molecule is COc1noc(COc2ccccc2OCC(O)CNC(C)(C)C)n1.Cl. The maximum atomic E-state index is 10.0. The third-order valence-electron chi connectivity index (χ3n) is 3.13. The first-order chi connectivity index (χ1) is 11.9. The third kappa shape index (κ3) is 7.47. The van der Waals surface area contributed by atoms with Crippen molar-refractivity contribution < 1.29 is 23.8 Å². The fourth-order valence-electron chi connectivity index (χ4n) is 1.88. The fraction of sp³-hybridized carbons (Fsp3) is 0.529. The lowest BCUT2D eigenvalue weighted by atomic mass is 10.1. The van der Waals surface area contributed by atoms with E-state index < -0.39 is 6.10 Å². The summed E-state index contributed by atoms with van der Waals surface area (Å²) in [5.74, 6) is 1.35. The van der Waals surface area contributed by atoms with Gasteiger partial charge in [-0.3, -0.25) is 0 Å². The number of benzene rings is 1. The highest BCUT2D eigenvalue weighted by atomic mass is 35.5. The number of aliphatic hydroxyl groups is 1. The number of aromatic nitrogens is 2. The fourth-order valence-corrected chi connectivity index (χ4v) is 1.88. The Morgan fingerprint density at radius 2 is 1.85 bits per heavy atom. The molecule has 0 amide bonds. The van der Waals surface area contributed by atoms with Crippen molar-refractivity contribution in [3.63, 3.8) is 0 Å². The van der Waals surface area contributed by atoms with E-state index in [1.54, 1.807) is 12.1 Å². The van der Waals surface area contributed by atoms with E-state index >= 15 is 0 Å². The highest BCUT2D eigenvalue weighted by Crippen LogP contribution is 2.27. The summed E-state index contributed by atoms with van der Waals surface area (Å²) in [5.41, 5.74) is -0.0624. The van der Waals surface area contributed by atoms with Crippen molar-refractivity contribution in [3.05, 3.63) is 30.2 Å². The highest BCUT2D eigenvalue weighted by molar-refractivity contribution is 5.85. The van der Waals surface area contributed by atoms with Gasteiger partial charge in [-0.1, -0.05) is 12.1 Å². The number of hydrogen-bond acceptors (Lipinski definition) is 8. The monoisotopic (exact) mass is 387 g/mol. The molecule has 0 aliphatic heterocycles. The first kappa shape index (κ1) is 22.0. The van der Waals surface area contributed by atoms with Gasteiger partial charge in [0.1, 0.15) is 12.7 Å². The van der Waals surface area contributed by atoms with Crippen LogP contribution >= 0.6 is 12.4 Å². The van der Waals surface area contributed by atoms with Gasteiger partial charge in [-0.2, -0.15) is 4.98 Å². The highest BCUT2D eigenvalue weighted by Gasteiger charge is 2.14. The van der Waals surface area contributed by atoms with Crippen LogP contribution in [0, 0.1) is 0 Å². The quantitative estimate of drug-likeness (QED) is 0.675. The number of hydrogen-bond donors (Lipinski definition) is 2. The van der Waals surface area contributed by atoms with Gasteiger partial charge in [0.05, 0.1) is 7.11 Å². The zero-order chi connectivity index (χ0) is 18.3. The molecular weight excluding hydrogens is 362 g/mol. The number of ether oxygens (including phenoxy) is 3. The molecule has 1 aromatic carbocycles. The van der Waals surface area contributed by atoms with Crippen molar-refractivity contribution in [2.45, 2.75) is 39.0 Å². The third-order valence-corrected chi connectivity index (χ3v) is 3.13. The van der Waals surface area contributed by atoms with E-state index in [4.69, 9.17) is 18.7 Å². The average molecular weight is 388 g/mol. The Morgan fingerprint density at radius 3 is 2.42 bits per heavy atom. The van der Waals surface area contributed by atoms with E-state index in [9.17, 15) is 5.11 Å². The van der Waals surface area contributed by atoms with Crippen LogP contribution < -0.4 is 19.5 Å². The summed E-state index contributed by atoms with van der Waals surface area (Å²) in [5, 5.41) is 16.9. The van der Waals surface area contributed by atoms with Crippen molar-refractivity contribution in [1.29, 1.82) is 0 Å². The maximum Gasteiger partial charge on any atom is 0.354 e. The van der Waals surface area contributed by atoms with Crippen LogP contribution in [-0.2, 0) is 6.61 Å². The van der Waals surface area contributed by atoms with Gasteiger partial charge in [0.2, 0.25) is 0 Å². The Kier molecular flexibility index (Phi) is 8.64. The molecule has 9 heteroatoms. The van der Waals surface area contributed by atoms with Gasteiger partial charge in [-0.05, 0) is 38.1 Å². The predicted octanol–water partition coefficient (Wildman–Crippen LogP) is 2.21. The first-order valence-corrected chi connectivity index (χ1v) is 8.01. The topological polar surface area (TPSA) is 98.9 Å². The standard InChI is InChI=1S/C17H25N3O5.ClH/c1-17(2,3)18-9-12(21)10-23-13-7-5-6-8-14(13)24-11-15-19-16(22-4)20-25-15;/h5-8,12,18,21H,9-11H2,1-4H3;1H. The van der Waals surface area contributed by atoms with Crippen LogP contribution in [0.4, 0.5) is 0 Å². The molecule has 0 saturated carbocycles. The predicted molar refractivity (Wildman–Crippen MR) is 98.1 cm³/mol. The lowest BCUT2D eigenvalue weighted by Gasteiger charge is -2.23. The zero-order valence-electron chi connectivity index (χ0n) is 15.4. The van der Waals surface area contributed by atoms with Gasteiger partial charge < -0.3 is 29.2 Å². The van der Waals surface area contributed by atoms with Gasteiger partial charge >= 0.3 is 6.01 Å². The molecule has 146 valence electrons. The maximum absolute atomic E-state index is 10.0. The lowest BCUT2D eigenvalue weighted by molar-refractivity contribution is 0.0973. The van der Waals surface area contributed by atoms with E-state index in [1.165, 1.54) is 7.11 Å². The minimum absolute atomic E-state index is 0. The Labute approximate surface area is 159 Å². The van der Waals surface area contributed by atoms with Crippen molar-refractivity contribution >= 4 is 12.4 Å². The number of aliphatic hydroxyl groups excluding tert-OH is 1. The van der Waals surface area contributed by atoms with Crippen molar-refractivity contribution in [1.82, 2.24) is 15.5 Å².